The highest BCUT2D eigenvalue weighted by molar-refractivity contribution is 5.78. The Bertz CT molecular complexity index is 465. The molecule has 0 radical (unpaired) electrons. The lowest BCUT2D eigenvalue weighted by atomic mass is 9.96. The van der Waals surface area contributed by atoms with Crippen LogP contribution in [-0.4, -0.2) is 19.1 Å². The molecule has 0 bridgehead atoms. The van der Waals surface area contributed by atoms with Crippen molar-refractivity contribution in [1.29, 1.82) is 0 Å². The average Bonchev–Trinajstić information content (AvgIpc) is 2.46. The van der Waals surface area contributed by atoms with Gasteiger partial charge in [-0.15, -0.1) is 0 Å². The third-order valence-electron chi connectivity index (χ3n) is 3.85. The van der Waals surface area contributed by atoms with Crippen LogP contribution in [0, 0.1) is 6.92 Å². The minimum Gasteiger partial charge on any atom is -0.496 e. The molecule has 0 heterocycles. The molecule has 0 aromatic heterocycles. The van der Waals surface area contributed by atoms with E-state index in [4.69, 9.17) is 10.5 Å². The van der Waals surface area contributed by atoms with Crippen molar-refractivity contribution in [3.8, 4) is 5.75 Å². The average molecular weight is 275 g/mol. The van der Waals surface area contributed by atoms with Crippen LogP contribution in [0.2, 0.25) is 0 Å². The maximum absolute atomic E-state index is 5.96. The molecule has 1 aromatic carbocycles. The van der Waals surface area contributed by atoms with Crippen molar-refractivity contribution >= 4 is 5.96 Å². The number of nitrogens with zero attached hydrogens (tertiary/aromatic N) is 1. The fourth-order valence-electron chi connectivity index (χ4n) is 2.72. The predicted molar refractivity (Wildman–Crippen MR) is 83.1 cm³/mol. The topological polar surface area (TPSA) is 59.6 Å². The van der Waals surface area contributed by atoms with E-state index in [1.54, 1.807) is 7.11 Å². The number of aryl methyl sites for hydroxylation is 1. The zero-order chi connectivity index (χ0) is 14.4. The van der Waals surface area contributed by atoms with Crippen molar-refractivity contribution in [1.82, 2.24) is 5.32 Å². The number of nitrogens with one attached hydrogen (secondary N) is 1. The molecule has 1 saturated carbocycles. The molecule has 2 rings (SSSR count). The molecule has 0 unspecified atom stereocenters. The highest BCUT2D eigenvalue weighted by Crippen LogP contribution is 2.19. The van der Waals surface area contributed by atoms with Gasteiger partial charge in [0.2, 0.25) is 0 Å². The van der Waals surface area contributed by atoms with Crippen LogP contribution in [-0.2, 0) is 6.54 Å². The van der Waals surface area contributed by atoms with Crippen molar-refractivity contribution in [2.45, 2.75) is 51.6 Å². The van der Waals surface area contributed by atoms with Gasteiger partial charge in [0.05, 0.1) is 13.7 Å². The van der Waals surface area contributed by atoms with Crippen molar-refractivity contribution in [2.24, 2.45) is 10.7 Å². The summed E-state index contributed by atoms with van der Waals surface area (Å²) >= 11 is 0. The van der Waals surface area contributed by atoms with Crippen LogP contribution in [0.3, 0.4) is 0 Å². The molecule has 1 aliphatic rings. The second-order valence-electron chi connectivity index (χ2n) is 5.48. The Kier molecular flexibility index (Phi) is 5.27. The van der Waals surface area contributed by atoms with E-state index in [-0.39, 0.29) is 0 Å². The van der Waals surface area contributed by atoms with Gasteiger partial charge in [0.1, 0.15) is 5.75 Å². The monoisotopic (exact) mass is 275 g/mol. The van der Waals surface area contributed by atoms with Crippen LogP contribution in [0.1, 0.15) is 43.2 Å². The Morgan fingerprint density at radius 3 is 2.75 bits per heavy atom. The molecule has 4 heteroatoms. The Morgan fingerprint density at radius 1 is 1.35 bits per heavy atom. The summed E-state index contributed by atoms with van der Waals surface area (Å²) in [5.41, 5.74) is 8.23. The van der Waals surface area contributed by atoms with Gasteiger partial charge in [-0.1, -0.05) is 31.4 Å². The molecule has 20 heavy (non-hydrogen) atoms. The lowest BCUT2D eigenvalue weighted by Crippen LogP contribution is -2.41. The van der Waals surface area contributed by atoms with Crippen LogP contribution in [0.25, 0.3) is 0 Å². The zero-order valence-electron chi connectivity index (χ0n) is 12.5. The van der Waals surface area contributed by atoms with E-state index >= 15 is 0 Å². The summed E-state index contributed by atoms with van der Waals surface area (Å²) < 4.78 is 5.25. The normalized spacial score (nSPS) is 17.0. The van der Waals surface area contributed by atoms with Crippen LogP contribution in [0.15, 0.2) is 23.2 Å². The zero-order valence-corrected chi connectivity index (χ0v) is 12.5. The van der Waals surface area contributed by atoms with Crippen LogP contribution in [0.5, 0.6) is 5.75 Å². The molecule has 0 saturated heterocycles. The molecule has 1 aliphatic carbocycles. The summed E-state index contributed by atoms with van der Waals surface area (Å²) in [4.78, 5) is 4.43. The first kappa shape index (κ1) is 14.7. The number of rotatable bonds is 4. The molecule has 0 atom stereocenters. The van der Waals surface area contributed by atoms with E-state index in [1.807, 2.05) is 19.1 Å². The highest BCUT2D eigenvalue weighted by Gasteiger charge is 2.13. The molecular formula is C16H25N3O. The quantitative estimate of drug-likeness (QED) is 0.656. The number of hydrogen-bond acceptors (Lipinski definition) is 2. The summed E-state index contributed by atoms with van der Waals surface area (Å²) in [7, 11) is 1.69. The molecule has 4 nitrogen and oxygen atoms in total. The van der Waals surface area contributed by atoms with Crippen molar-refractivity contribution in [3.05, 3.63) is 29.3 Å². The Labute approximate surface area is 121 Å². The van der Waals surface area contributed by atoms with Crippen LogP contribution < -0.4 is 15.8 Å². The minimum absolute atomic E-state index is 0.505. The second kappa shape index (κ2) is 7.17. The first-order valence-corrected chi connectivity index (χ1v) is 7.39. The molecule has 0 amide bonds. The minimum atomic E-state index is 0.505. The molecule has 0 spiro atoms. The number of ether oxygens (including phenoxy) is 1. The predicted octanol–water partition coefficient (Wildman–Crippen LogP) is 2.74. The van der Waals surface area contributed by atoms with Gasteiger partial charge in [0.15, 0.2) is 5.96 Å². The SMILES string of the molecule is COc1ccc(CN=C(N)NC2CCCCC2)cc1C. The van der Waals surface area contributed by atoms with E-state index in [0.717, 1.165) is 16.9 Å². The lowest BCUT2D eigenvalue weighted by Gasteiger charge is -2.23. The summed E-state index contributed by atoms with van der Waals surface area (Å²) in [6.45, 7) is 2.64. The first-order valence-electron chi connectivity index (χ1n) is 7.39. The van der Waals surface area contributed by atoms with Gasteiger partial charge in [-0.05, 0) is 37.0 Å². The molecule has 0 aliphatic heterocycles. The molecule has 110 valence electrons. The fourth-order valence-corrected chi connectivity index (χ4v) is 2.72. The maximum Gasteiger partial charge on any atom is 0.189 e. The van der Waals surface area contributed by atoms with Crippen molar-refractivity contribution < 1.29 is 4.74 Å². The standard InChI is InChI=1S/C16H25N3O/c1-12-10-13(8-9-15(12)20-2)11-18-16(17)19-14-6-4-3-5-7-14/h8-10,14H,3-7,11H2,1-2H3,(H3,17,18,19). The number of nitrogens with two attached hydrogens (primary N) is 1. The van der Waals surface area contributed by atoms with Gasteiger partial charge in [0, 0.05) is 6.04 Å². The van der Waals surface area contributed by atoms with E-state index in [9.17, 15) is 0 Å². The van der Waals surface area contributed by atoms with Gasteiger partial charge < -0.3 is 15.8 Å². The summed E-state index contributed by atoms with van der Waals surface area (Å²) in [6.07, 6.45) is 6.35. The van der Waals surface area contributed by atoms with Crippen LogP contribution >= 0.6 is 0 Å². The molecule has 3 N–H and O–H groups in total. The van der Waals surface area contributed by atoms with Crippen molar-refractivity contribution in [2.75, 3.05) is 7.11 Å². The Balaban J connectivity index is 1.89. The largest absolute Gasteiger partial charge is 0.496 e. The van der Waals surface area contributed by atoms with Gasteiger partial charge in [-0.3, -0.25) is 0 Å². The number of methoxy groups -OCH3 is 1. The second-order valence-corrected chi connectivity index (χ2v) is 5.48. The first-order chi connectivity index (χ1) is 9.69. The van der Waals surface area contributed by atoms with Gasteiger partial charge >= 0.3 is 0 Å². The molecular weight excluding hydrogens is 250 g/mol. The summed E-state index contributed by atoms with van der Waals surface area (Å²) in [6, 6.07) is 6.61. The van der Waals surface area contributed by atoms with Gasteiger partial charge in [0.25, 0.3) is 0 Å². The third kappa shape index (κ3) is 4.15. The number of hydrogen-bond donors (Lipinski definition) is 2. The van der Waals surface area contributed by atoms with Crippen LogP contribution in [0.4, 0.5) is 0 Å². The number of benzene rings is 1. The van der Waals surface area contributed by atoms with Crippen molar-refractivity contribution in [3.63, 3.8) is 0 Å². The summed E-state index contributed by atoms with van der Waals surface area (Å²) in [5.74, 6) is 1.47. The maximum atomic E-state index is 5.96. The third-order valence-corrected chi connectivity index (χ3v) is 3.85. The Morgan fingerprint density at radius 2 is 2.10 bits per heavy atom. The molecule has 1 fully saturated rings. The van der Waals surface area contributed by atoms with E-state index < -0.39 is 0 Å². The molecule has 1 aromatic rings. The summed E-state index contributed by atoms with van der Waals surface area (Å²) in [5, 5.41) is 3.33. The van der Waals surface area contributed by atoms with E-state index in [1.165, 1.54) is 32.1 Å². The van der Waals surface area contributed by atoms with Gasteiger partial charge in [-0.25, -0.2) is 4.99 Å². The highest BCUT2D eigenvalue weighted by atomic mass is 16.5. The lowest BCUT2D eigenvalue weighted by molar-refractivity contribution is 0.411. The van der Waals surface area contributed by atoms with Gasteiger partial charge in [-0.2, -0.15) is 0 Å². The van der Waals surface area contributed by atoms with E-state index in [2.05, 4.69) is 16.4 Å². The van der Waals surface area contributed by atoms with E-state index in [0.29, 0.717) is 18.5 Å². The number of aliphatic imine (C=N–C) groups is 1. The Hall–Kier alpha value is -1.71. The number of guanidine groups is 1. The fraction of sp³-hybridized carbons (Fsp3) is 0.562. The smallest absolute Gasteiger partial charge is 0.189 e.